The van der Waals surface area contributed by atoms with Gasteiger partial charge in [-0.15, -0.1) is 0 Å². The number of benzene rings is 1. The Balaban J connectivity index is 2.02. The topological polar surface area (TPSA) is 55.9 Å². The van der Waals surface area contributed by atoms with E-state index in [-0.39, 0.29) is 0 Å². The number of hydrogen-bond donors (Lipinski definition) is 2. The molecule has 0 unspecified atom stereocenters. The maximum atomic E-state index is 5.73. The predicted molar refractivity (Wildman–Crippen MR) is 75.5 cm³/mol. The number of aryl methyl sites for hydroxylation is 1. The zero-order chi connectivity index (χ0) is 13.1. The Morgan fingerprint density at radius 1 is 1.33 bits per heavy atom. The van der Waals surface area contributed by atoms with Gasteiger partial charge in [0.1, 0.15) is 0 Å². The van der Waals surface area contributed by atoms with Crippen molar-refractivity contribution < 1.29 is 0 Å². The van der Waals surface area contributed by atoms with E-state index in [0.717, 1.165) is 29.2 Å². The van der Waals surface area contributed by atoms with Gasteiger partial charge < -0.3 is 11.1 Å². The fraction of sp³-hybridized carbons (Fsp3) is 0.357. The number of nitrogens with one attached hydrogen (secondary N) is 1. The van der Waals surface area contributed by atoms with Crippen molar-refractivity contribution >= 4 is 11.4 Å². The minimum Gasteiger partial charge on any atom is -0.399 e. The van der Waals surface area contributed by atoms with Gasteiger partial charge in [-0.1, -0.05) is 0 Å². The second-order valence-corrected chi connectivity index (χ2v) is 4.81. The molecule has 0 bridgehead atoms. The van der Waals surface area contributed by atoms with Gasteiger partial charge in [-0.05, 0) is 50.6 Å². The zero-order valence-electron chi connectivity index (χ0n) is 11.1. The van der Waals surface area contributed by atoms with Crippen LogP contribution in [0.25, 0.3) is 0 Å². The van der Waals surface area contributed by atoms with Crippen LogP contribution in [0.15, 0.2) is 30.5 Å². The molecule has 18 heavy (non-hydrogen) atoms. The summed E-state index contributed by atoms with van der Waals surface area (Å²) in [5, 5.41) is 7.88. The van der Waals surface area contributed by atoms with E-state index >= 15 is 0 Å². The first-order valence-corrected chi connectivity index (χ1v) is 6.20. The van der Waals surface area contributed by atoms with Crippen molar-refractivity contribution in [1.29, 1.82) is 0 Å². The molecule has 1 heterocycles. The minimum absolute atomic E-state index is 0.400. The molecule has 96 valence electrons. The average Bonchev–Trinajstić information content (AvgIpc) is 2.76. The van der Waals surface area contributed by atoms with Gasteiger partial charge in [0.2, 0.25) is 0 Å². The molecule has 2 rings (SSSR count). The lowest BCUT2D eigenvalue weighted by Gasteiger charge is -2.09. The van der Waals surface area contributed by atoms with Gasteiger partial charge >= 0.3 is 0 Å². The van der Waals surface area contributed by atoms with E-state index in [1.165, 1.54) is 0 Å². The van der Waals surface area contributed by atoms with E-state index < -0.39 is 0 Å². The van der Waals surface area contributed by atoms with Crippen LogP contribution in [-0.2, 0) is 6.54 Å². The maximum absolute atomic E-state index is 5.73. The highest BCUT2D eigenvalue weighted by molar-refractivity contribution is 5.57. The third-order valence-electron chi connectivity index (χ3n) is 2.90. The normalized spacial score (nSPS) is 10.9. The van der Waals surface area contributed by atoms with Crippen molar-refractivity contribution in [1.82, 2.24) is 9.78 Å². The summed E-state index contributed by atoms with van der Waals surface area (Å²) in [6, 6.07) is 8.32. The van der Waals surface area contributed by atoms with E-state index in [1.807, 2.05) is 42.1 Å². The van der Waals surface area contributed by atoms with Crippen LogP contribution in [0, 0.1) is 6.92 Å². The predicted octanol–water partition coefficient (Wildman–Crippen LogP) is 2.97. The molecule has 1 aromatic carbocycles. The van der Waals surface area contributed by atoms with Crippen LogP contribution in [0.2, 0.25) is 0 Å². The van der Waals surface area contributed by atoms with E-state index in [1.54, 1.807) is 0 Å². The van der Waals surface area contributed by atoms with Crippen LogP contribution in [0.3, 0.4) is 0 Å². The molecule has 2 aromatic rings. The Labute approximate surface area is 108 Å². The summed E-state index contributed by atoms with van der Waals surface area (Å²) in [4.78, 5) is 0. The standard InChI is InChI=1S/C14H20N4/c1-10(2)18-7-6-13(17-18)9-16-14-5-4-12(15)8-11(14)3/h4-8,10,16H,9,15H2,1-3H3. The molecule has 4 nitrogen and oxygen atoms in total. The van der Waals surface area contributed by atoms with Gasteiger partial charge in [0.15, 0.2) is 0 Å². The molecular weight excluding hydrogens is 224 g/mol. The van der Waals surface area contributed by atoms with Gasteiger partial charge in [-0.25, -0.2) is 0 Å². The van der Waals surface area contributed by atoms with Crippen LogP contribution in [0.4, 0.5) is 11.4 Å². The monoisotopic (exact) mass is 244 g/mol. The Bertz CT molecular complexity index is 528. The minimum atomic E-state index is 0.400. The lowest BCUT2D eigenvalue weighted by atomic mass is 10.2. The van der Waals surface area contributed by atoms with Crippen LogP contribution < -0.4 is 11.1 Å². The second kappa shape index (κ2) is 5.12. The maximum Gasteiger partial charge on any atom is 0.0815 e. The number of hydrogen-bond acceptors (Lipinski definition) is 3. The first-order chi connectivity index (χ1) is 8.56. The van der Waals surface area contributed by atoms with Crippen LogP contribution in [-0.4, -0.2) is 9.78 Å². The first-order valence-electron chi connectivity index (χ1n) is 6.20. The molecule has 1 aromatic heterocycles. The molecule has 0 aliphatic carbocycles. The van der Waals surface area contributed by atoms with Crippen molar-refractivity contribution in [3.05, 3.63) is 41.7 Å². The summed E-state index contributed by atoms with van der Waals surface area (Å²) in [5.41, 5.74) is 9.81. The largest absolute Gasteiger partial charge is 0.399 e. The number of nitrogens with zero attached hydrogens (tertiary/aromatic N) is 2. The average molecular weight is 244 g/mol. The van der Waals surface area contributed by atoms with Crippen molar-refractivity contribution in [2.45, 2.75) is 33.4 Å². The Morgan fingerprint density at radius 3 is 2.72 bits per heavy atom. The van der Waals surface area contributed by atoms with Crippen molar-refractivity contribution in [2.24, 2.45) is 0 Å². The zero-order valence-corrected chi connectivity index (χ0v) is 11.1. The van der Waals surface area contributed by atoms with E-state index in [2.05, 4.69) is 24.3 Å². The summed E-state index contributed by atoms with van der Waals surface area (Å²) < 4.78 is 1.97. The molecule has 0 spiro atoms. The van der Waals surface area contributed by atoms with Crippen LogP contribution in [0.1, 0.15) is 31.1 Å². The van der Waals surface area contributed by atoms with Gasteiger partial charge in [0.05, 0.1) is 12.2 Å². The first kappa shape index (κ1) is 12.5. The summed E-state index contributed by atoms with van der Waals surface area (Å²) in [5.74, 6) is 0. The van der Waals surface area contributed by atoms with E-state index in [4.69, 9.17) is 5.73 Å². The highest BCUT2D eigenvalue weighted by Crippen LogP contribution is 2.18. The number of aromatic nitrogens is 2. The molecule has 0 aliphatic heterocycles. The van der Waals surface area contributed by atoms with Crippen molar-refractivity contribution in [3.63, 3.8) is 0 Å². The molecule has 0 atom stereocenters. The van der Waals surface area contributed by atoms with E-state index in [0.29, 0.717) is 6.04 Å². The molecule has 3 N–H and O–H groups in total. The van der Waals surface area contributed by atoms with E-state index in [9.17, 15) is 0 Å². The summed E-state index contributed by atoms with van der Waals surface area (Å²) in [6.07, 6.45) is 2.01. The quantitative estimate of drug-likeness (QED) is 0.813. The number of nitrogen functional groups attached to an aromatic ring is 1. The highest BCUT2D eigenvalue weighted by Gasteiger charge is 2.03. The smallest absolute Gasteiger partial charge is 0.0815 e. The third-order valence-corrected chi connectivity index (χ3v) is 2.90. The van der Waals surface area contributed by atoms with Gasteiger partial charge in [-0.2, -0.15) is 5.10 Å². The Morgan fingerprint density at radius 2 is 2.11 bits per heavy atom. The third kappa shape index (κ3) is 2.83. The molecule has 0 saturated carbocycles. The van der Waals surface area contributed by atoms with Gasteiger partial charge in [0.25, 0.3) is 0 Å². The molecule has 0 amide bonds. The van der Waals surface area contributed by atoms with Crippen LogP contribution in [0.5, 0.6) is 0 Å². The molecular formula is C14H20N4. The van der Waals surface area contributed by atoms with Crippen molar-refractivity contribution in [2.75, 3.05) is 11.1 Å². The fourth-order valence-electron chi connectivity index (χ4n) is 1.83. The lowest BCUT2D eigenvalue weighted by molar-refractivity contribution is 0.527. The molecule has 0 radical (unpaired) electrons. The summed E-state index contributed by atoms with van der Waals surface area (Å²) >= 11 is 0. The van der Waals surface area contributed by atoms with Crippen LogP contribution >= 0.6 is 0 Å². The molecule has 0 fully saturated rings. The Kier molecular flexibility index (Phi) is 3.55. The summed E-state index contributed by atoms with van der Waals surface area (Å²) in [7, 11) is 0. The van der Waals surface area contributed by atoms with Gasteiger partial charge in [0, 0.05) is 23.6 Å². The lowest BCUT2D eigenvalue weighted by Crippen LogP contribution is -2.05. The number of anilines is 2. The van der Waals surface area contributed by atoms with Crippen molar-refractivity contribution in [3.8, 4) is 0 Å². The SMILES string of the molecule is Cc1cc(N)ccc1NCc1ccn(C(C)C)n1. The fourth-order valence-corrected chi connectivity index (χ4v) is 1.83. The highest BCUT2D eigenvalue weighted by atomic mass is 15.3. The molecule has 4 heteroatoms. The second-order valence-electron chi connectivity index (χ2n) is 4.81. The summed E-state index contributed by atoms with van der Waals surface area (Å²) in [6.45, 7) is 7.01. The molecule has 0 aliphatic rings. The Hall–Kier alpha value is -1.97. The number of nitrogens with two attached hydrogens (primary N) is 1. The number of rotatable bonds is 4. The molecule has 0 saturated heterocycles. The van der Waals surface area contributed by atoms with Gasteiger partial charge in [-0.3, -0.25) is 4.68 Å².